The first-order chi connectivity index (χ1) is 15.8. The fourth-order valence-corrected chi connectivity index (χ4v) is 6.15. The number of hydrogen-bond acceptors (Lipinski definition) is 7. The Morgan fingerprint density at radius 3 is 2.45 bits per heavy atom. The van der Waals surface area contributed by atoms with Gasteiger partial charge in [0.1, 0.15) is 21.8 Å². The molecule has 2 fully saturated rings. The maximum atomic E-state index is 13.3. The molecule has 0 aliphatic carbocycles. The van der Waals surface area contributed by atoms with Gasteiger partial charge in [0.05, 0.1) is 11.4 Å². The third kappa shape index (κ3) is 4.60. The second-order valence-electron chi connectivity index (χ2n) is 8.07. The summed E-state index contributed by atoms with van der Waals surface area (Å²) in [6.45, 7) is 5.82. The Balaban J connectivity index is 1.76. The van der Waals surface area contributed by atoms with Crippen molar-refractivity contribution in [1.29, 1.82) is 5.26 Å². The summed E-state index contributed by atoms with van der Waals surface area (Å²) in [7, 11) is 1.69. The first-order valence-electron chi connectivity index (χ1n) is 10.6. The molecule has 0 bridgehead atoms. The smallest absolute Gasteiger partial charge is 0.270 e. The number of rotatable bonds is 4. The molecule has 1 aromatic carbocycles. The third-order valence-corrected chi connectivity index (χ3v) is 8.21. The van der Waals surface area contributed by atoms with Crippen LogP contribution >= 0.6 is 35.7 Å². The molecule has 0 radical (unpaired) electrons. The van der Waals surface area contributed by atoms with Crippen LogP contribution in [-0.2, 0) is 18.4 Å². The van der Waals surface area contributed by atoms with Gasteiger partial charge in [-0.2, -0.15) is 17.0 Å². The number of thiocarbonyl (C=S) groups is 1. The molecule has 0 N–H and O–H groups in total. The highest BCUT2D eigenvalue weighted by atomic mass is 32.2. The highest BCUT2D eigenvalue weighted by Crippen LogP contribution is 2.36. The minimum Gasteiger partial charge on any atom is -0.356 e. The minimum absolute atomic E-state index is 0.106. The van der Waals surface area contributed by atoms with Gasteiger partial charge in [-0.25, -0.2) is 0 Å². The van der Waals surface area contributed by atoms with Crippen molar-refractivity contribution in [2.75, 3.05) is 29.5 Å². The lowest BCUT2D eigenvalue weighted by Gasteiger charge is -2.32. The van der Waals surface area contributed by atoms with Crippen molar-refractivity contribution in [3.63, 3.8) is 0 Å². The van der Waals surface area contributed by atoms with E-state index in [1.54, 1.807) is 29.5 Å². The van der Waals surface area contributed by atoms with E-state index >= 15 is 0 Å². The van der Waals surface area contributed by atoms with E-state index in [0.29, 0.717) is 21.3 Å². The van der Waals surface area contributed by atoms with Gasteiger partial charge < -0.3 is 4.90 Å². The molecule has 2 aliphatic heterocycles. The van der Waals surface area contributed by atoms with Crippen LogP contribution in [0, 0.1) is 25.2 Å². The molecule has 33 heavy (non-hydrogen) atoms. The summed E-state index contributed by atoms with van der Waals surface area (Å²) in [6.07, 6.45) is 1.81. The Hall–Kier alpha value is -2.54. The fraction of sp³-hybridized carbons (Fsp3) is 0.333. The highest BCUT2D eigenvalue weighted by Gasteiger charge is 2.33. The zero-order chi connectivity index (χ0) is 23.7. The predicted octanol–water partition coefficient (Wildman–Crippen LogP) is 3.83. The van der Waals surface area contributed by atoms with Crippen LogP contribution in [0.4, 0.5) is 5.82 Å². The van der Waals surface area contributed by atoms with Gasteiger partial charge in [0.2, 0.25) is 0 Å². The Kier molecular flexibility index (Phi) is 6.98. The molecule has 1 aromatic heterocycles. The van der Waals surface area contributed by atoms with E-state index < -0.39 is 0 Å². The van der Waals surface area contributed by atoms with Gasteiger partial charge in [-0.15, -0.1) is 0 Å². The number of nitrogens with zero attached hydrogens (tertiary/aromatic N) is 4. The van der Waals surface area contributed by atoms with E-state index in [0.717, 1.165) is 47.1 Å². The Bertz CT molecular complexity index is 1250. The molecule has 9 heteroatoms. The number of carbonyl (C=O) groups is 1. The molecule has 0 atom stereocenters. The first kappa shape index (κ1) is 23.6. The summed E-state index contributed by atoms with van der Waals surface area (Å²) >= 11 is 8.67. The zero-order valence-electron chi connectivity index (χ0n) is 18.8. The van der Waals surface area contributed by atoms with Gasteiger partial charge in [0, 0.05) is 37.2 Å². The molecule has 3 heterocycles. The first-order valence-corrected chi connectivity index (χ1v) is 13.0. The predicted molar refractivity (Wildman–Crippen MR) is 141 cm³/mol. The standard InChI is InChI=1S/C24H24N4O2S3/c1-15-4-6-17(7-5-15)14-28-23(30)20(33-24(28)31)12-18-16(2)19(13-25)22(29)26(3)21(18)27-8-10-32-11-9-27/h4-7,12H,8-11,14H2,1-3H3/b20-12-. The van der Waals surface area contributed by atoms with Crippen LogP contribution in [0.15, 0.2) is 34.0 Å². The second kappa shape index (κ2) is 9.75. The number of nitriles is 1. The molecular formula is C24H24N4O2S3. The number of anilines is 1. The molecule has 4 rings (SSSR count). The Morgan fingerprint density at radius 1 is 1.15 bits per heavy atom. The van der Waals surface area contributed by atoms with E-state index in [9.17, 15) is 14.9 Å². The van der Waals surface area contributed by atoms with Crippen LogP contribution in [0.1, 0.15) is 27.8 Å². The lowest BCUT2D eigenvalue weighted by molar-refractivity contribution is -0.122. The van der Waals surface area contributed by atoms with Crippen molar-refractivity contribution in [3.8, 4) is 6.07 Å². The van der Waals surface area contributed by atoms with Crippen LogP contribution < -0.4 is 10.5 Å². The van der Waals surface area contributed by atoms with Crippen molar-refractivity contribution >= 4 is 57.9 Å². The molecular weight excluding hydrogens is 472 g/mol. The largest absolute Gasteiger partial charge is 0.356 e. The number of hydrogen-bond donors (Lipinski definition) is 0. The van der Waals surface area contributed by atoms with Crippen molar-refractivity contribution in [2.24, 2.45) is 7.05 Å². The zero-order valence-corrected chi connectivity index (χ0v) is 21.2. The normalized spacial score (nSPS) is 17.7. The molecule has 2 aliphatic rings. The average molecular weight is 497 g/mol. The van der Waals surface area contributed by atoms with Gasteiger partial charge in [-0.3, -0.25) is 19.1 Å². The van der Waals surface area contributed by atoms with Crippen LogP contribution in [-0.4, -0.2) is 44.3 Å². The lowest BCUT2D eigenvalue weighted by atomic mass is 10.0. The minimum atomic E-state index is -0.313. The van der Waals surface area contributed by atoms with Crippen molar-refractivity contribution < 1.29 is 4.79 Å². The number of benzene rings is 1. The molecule has 2 saturated heterocycles. The number of thioether (sulfide) groups is 2. The SMILES string of the molecule is Cc1ccc(CN2C(=O)/C(=C/c3c(C)c(C#N)c(=O)n(C)c3N3CCSCC3)SC2=S)cc1. The van der Waals surface area contributed by atoms with E-state index in [1.165, 1.54) is 11.8 Å². The summed E-state index contributed by atoms with van der Waals surface area (Å²) in [5.74, 6) is 2.52. The van der Waals surface area contributed by atoms with E-state index in [1.807, 2.05) is 43.0 Å². The van der Waals surface area contributed by atoms with Crippen LogP contribution in [0.5, 0.6) is 0 Å². The second-order valence-corrected chi connectivity index (χ2v) is 11.0. The lowest BCUT2D eigenvalue weighted by Crippen LogP contribution is -2.38. The molecule has 0 spiro atoms. The topological polar surface area (TPSA) is 69.3 Å². The fourth-order valence-electron chi connectivity index (χ4n) is 4.01. The van der Waals surface area contributed by atoms with E-state index in [2.05, 4.69) is 11.0 Å². The number of aromatic nitrogens is 1. The van der Waals surface area contributed by atoms with Gasteiger partial charge in [-0.05, 0) is 31.1 Å². The van der Waals surface area contributed by atoms with E-state index in [-0.39, 0.29) is 17.0 Å². The number of amides is 1. The van der Waals surface area contributed by atoms with Crippen molar-refractivity contribution in [2.45, 2.75) is 20.4 Å². The van der Waals surface area contributed by atoms with Crippen LogP contribution in [0.25, 0.3) is 6.08 Å². The maximum absolute atomic E-state index is 13.3. The summed E-state index contributed by atoms with van der Waals surface area (Å²) in [5, 5.41) is 9.63. The Morgan fingerprint density at radius 2 is 1.82 bits per heavy atom. The monoisotopic (exact) mass is 496 g/mol. The quantitative estimate of drug-likeness (QED) is 0.471. The van der Waals surface area contributed by atoms with E-state index in [4.69, 9.17) is 12.2 Å². The van der Waals surface area contributed by atoms with Gasteiger partial charge >= 0.3 is 0 Å². The highest BCUT2D eigenvalue weighted by molar-refractivity contribution is 8.26. The van der Waals surface area contributed by atoms with Crippen molar-refractivity contribution in [3.05, 3.63) is 67.3 Å². The van der Waals surface area contributed by atoms with Gasteiger partial charge in [0.25, 0.3) is 11.5 Å². The molecule has 1 amide bonds. The number of carbonyl (C=O) groups excluding carboxylic acids is 1. The van der Waals surface area contributed by atoms with Crippen LogP contribution in [0.2, 0.25) is 0 Å². The Labute approximate surface area is 207 Å². The molecule has 6 nitrogen and oxygen atoms in total. The molecule has 0 saturated carbocycles. The molecule has 170 valence electrons. The number of aryl methyl sites for hydroxylation is 1. The van der Waals surface area contributed by atoms with Crippen LogP contribution in [0.3, 0.4) is 0 Å². The average Bonchev–Trinajstić information content (AvgIpc) is 3.07. The van der Waals surface area contributed by atoms with Gasteiger partial charge in [0.15, 0.2) is 0 Å². The maximum Gasteiger partial charge on any atom is 0.270 e. The summed E-state index contributed by atoms with van der Waals surface area (Å²) in [5.41, 5.74) is 3.29. The van der Waals surface area contributed by atoms with Gasteiger partial charge in [-0.1, -0.05) is 53.8 Å². The van der Waals surface area contributed by atoms with Crippen molar-refractivity contribution in [1.82, 2.24) is 9.47 Å². The summed E-state index contributed by atoms with van der Waals surface area (Å²) in [6, 6.07) is 10.1. The summed E-state index contributed by atoms with van der Waals surface area (Å²) in [4.78, 5) is 30.4. The number of pyridine rings is 1. The summed E-state index contributed by atoms with van der Waals surface area (Å²) < 4.78 is 2.05. The third-order valence-electron chi connectivity index (χ3n) is 5.89. The molecule has 0 unspecified atom stereocenters. The molecule has 2 aromatic rings.